The van der Waals surface area contributed by atoms with Crippen molar-refractivity contribution >= 4 is 11.9 Å². The molecular weight excluding hydrogens is 312 g/mol. The lowest BCUT2D eigenvalue weighted by atomic mass is 10.1. The largest absolute Gasteiger partial charge is 0.508 e. The fraction of sp³-hybridized carbons (Fsp3) is 0.556. The van der Waals surface area contributed by atoms with E-state index in [4.69, 9.17) is 14.2 Å². The van der Waals surface area contributed by atoms with E-state index < -0.39 is 0 Å². The zero-order valence-corrected chi connectivity index (χ0v) is 14.4. The van der Waals surface area contributed by atoms with Crippen LogP contribution in [0.25, 0.3) is 0 Å². The van der Waals surface area contributed by atoms with E-state index in [1.807, 2.05) is 0 Å². The normalized spacial score (nSPS) is 10.2. The fourth-order valence-electron chi connectivity index (χ4n) is 2.11. The van der Waals surface area contributed by atoms with Crippen molar-refractivity contribution in [2.45, 2.75) is 46.0 Å². The number of rotatable bonds is 11. The molecule has 0 heterocycles. The summed E-state index contributed by atoms with van der Waals surface area (Å²) < 4.78 is 15.2. The number of hydrogen-bond acceptors (Lipinski definition) is 6. The van der Waals surface area contributed by atoms with Gasteiger partial charge in [0.1, 0.15) is 11.5 Å². The first-order valence-electron chi connectivity index (χ1n) is 8.32. The van der Waals surface area contributed by atoms with Crippen molar-refractivity contribution in [3.63, 3.8) is 0 Å². The van der Waals surface area contributed by atoms with Crippen LogP contribution in [0.2, 0.25) is 0 Å². The van der Waals surface area contributed by atoms with Crippen LogP contribution in [-0.4, -0.2) is 36.9 Å². The summed E-state index contributed by atoms with van der Waals surface area (Å²) in [5.74, 6) is 0.187. The molecule has 0 radical (unpaired) electrons. The number of carbonyl (C=O) groups is 2. The molecule has 0 aliphatic rings. The Labute approximate surface area is 142 Å². The molecule has 0 aromatic heterocycles. The van der Waals surface area contributed by atoms with Gasteiger partial charge in [-0.3, -0.25) is 9.59 Å². The van der Waals surface area contributed by atoms with Crippen molar-refractivity contribution in [2.24, 2.45) is 0 Å². The van der Waals surface area contributed by atoms with Crippen LogP contribution in [0.3, 0.4) is 0 Å². The van der Waals surface area contributed by atoms with E-state index in [0.29, 0.717) is 50.4 Å². The molecule has 0 saturated heterocycles. The summed E-state index contributed by atoms with van der Waals surface area (Å²) in [4.78, 5) is 22.5. The molecule has 0 aliphatic carbocycles. The molecular formula is C18H26O6. The fourth-order valence-corrected chi connectivity index (χ4v) is 2.11. The Hall–Kier alpha value is -2.24. The van der Waals surface area contributed by atoms with Crippen molar-refractivity contribution in [2.75, 3.05) is 19.8 Å². The molecule has 0 fully saturated rings. The Morgan fingerprint density at radius 2 is 1.67 bits per heavy atom. The first-order chi connectivity index (χ1) is 11.6. The molecule has 0 saturated carbocycles. The smallest absolute Gasteiger partial charge is 0.306 e. The third kappa shape index (κ3) is 7.85. The summed E-state index contributed by atoms with van der Waals surface area (Å²) in [6.07, 6.45) is 2.46. The molecule has 0 aliphatic heterocycles. The third-order valence-electron chi connectivity index (χ3n) is 3.31. The van der Waals surface area contributed by atoms with Gasteiger partial charge >= 0.3 is 11.9 Å². The van der Waals surface area contributed by atoms with Gasteiger partial charge in [-0.25, -0.2) is 0 Å². The van der Waals surface area contributed by atoms with E-state index in [9.17, 15) is 14.7 Å². The minimum atomic E-state index is -0.279. The van der Waals surface area contributed by atoms with Crippen LogP contribution in [0.4, 0.5) is 0 Å². The molecule has 24 heavy (non-hydrogen) atoms. The van der Waals surface area contributed by atoms with Crippen molar-refractivity contribution in [1.29, 1.82) is 0 Å². The van der Waals surface area contributed by atoms with E-state index >= 15 is 0 Å². The molecule has 0 bridgehead atoms. The number of unbranched alkanes of at least 4 members (excludes halogenated alkanes) is 1. The van der Waals surface area contributed by atoms with E-state index in [0.717, 1.165) is 6.42 Å². The summed E-state index contributed by atoms with van der Waals surface area (Å²) >= 11 is 0. The molecule has 0 amide bonds. The predicted octanol–water partition coefficient (Wildman–Crippen LogP) is 3.00. The molecule has 1 aromatic carbocycles. The molecule has 0 spiro atoms. The maximum absolute atomic E-state index is 11.3. The van der Waals surface area contributed by atoms with E-state index in [1.165, 1.54) is 6.07 Å². The van der Waals surface area contributed by atoms with Crippen molar-refractivity contribution in [1.82, 2.24) is 0 Å². The standard InChI is InChI=1S/C18H26O6/c1-3-22-17(20)7-5-6-12-24-15-10-8-14(16(19)13-15)9-11-18(21)23-4-2/h8,10,13,19H,3-7,9,11-12H2,1-2H3. The monoisotopic (exact) mass is 338 g/mol. The van der Waals surface area contributed by atoms with Gasteiger partial charge in [0.05, 0.1) is 19.8 Å². The van der Waals surface area contributed by atoms with Gasteiger partial charge in [0.15, 0.2) is 0 Å². The van der Waals surface area contributed by atoms with E-state index in [1.54, 1.807) is 26.0 Å². The molecule has 0 unspecified atom stereocenters. The molecule has 0 atom stereocenters. The van der Waals surface area contributed by atoms with Gasteiger partial charge in [0, 0.05) is 18.9 Å². The van der Waals surface area contributed by atoms with Gasteiger partial charge in [0.2, 0.25) is 0 Å². The maximum atomic E-state index is 11.3. The topological polar surface area (TPSA) is 82.1 Å². The van der Waals surface area contributed by atoms with Gasteiger partial charge in [-0.15, -0.1) is 0 Å². The second-order valence-corrected chi connectivity index (χ2v) is 5.21. The molecule has 6 heteroatoms. The second kappa shape index (κ2) is 11.3. The Balaban J connectivity index is 2.31. The molecule has 1 rings (SSSR count). The molecule has 1 N–H and O–H groups in total. The van der Waals surface area contributed by atoms with E-state index in [-0.39, 0.29) is 24.1 Å². The second-order valence-electron chi connectivity index (χ2n) is 5.21. The minimum absolute atomic E-state index is 0.100. The number of benzene rings is 1. The SMILES string of the molecule is CCOC(=O)CCCCOc1ccc(CCC(=O)OCC)c(O)c1. The van der Waals surface area contributed by atoms with Crippen molar-refractivity contribution < 1.29 is 28.9 Å². The summed E-state index contributed by atoms with van der Waals surface area (Å²) in [6.45, 7) is 4.75. The average molecular weight is 338 g/mol. The summed E-state index contributed by atoms with van der Waals surface area (Å²) in [5, 5.41) is 9.98. The number of aryl methyl sites for hydroxylation is 1. The van der Waals surface area contributed by atoms with Crippen LogP contribution in [0.5, 0.6) is 11.5 Å². The molecule has 134 valence electrons. The highest BCUT2D eigenvalue weighted by molar-refractivity contribution is 5.70. The maximum Gasteiger partial charge on any atom is 0.306 e. The van der Waals surface area contributed by atoms with Gasteiger partial charge in [-0.2, -0.15) is 0 Å². The first kappa shape index (κ1) is 19.8. The van der Waals surface area contributed by atoms with Gasteiger partial charge in [-0.1, -0.05) is 6.07 Å². The van der Waals surface area contributed by atoms with Crippen molar-refractivity contribution in [3.8, 4) is 11.5 Å². The number of aromatic hydroxyl groups is 1. The Morgan fingerprint density at radius 1 is 1.00 bits per heavy atom. The summed E-state index contributed by atoms with van der Waals surface area (Å²) in [7, 11) is 0. The van der Waals surface area contributed by atoms with Crippen LogP contribution in [0.15, 0.2) is 18.2 Å². The van der Waals surface area contributed by atoms with E-state index in [2.05, 4.69) is 0 Å². The molecule has 1 aromatic rings. The van der Waals surface area contributed by atoms with Gasteiger partial charge in [0.25, 0.3) is 0 Å². The highest BCUT2D eigenvalue weighted by atomic mass is 16.5. The highest BCUT2D eigenvalue weighted by Crippen LogP contribution is 2.25. The lowest BCUT2D eigenvalue weighted by molar-refractivity contribution is -0.144. The first-order valence-corrected chi connectivity index (χ1v) is 8.32. The zero-order valence-electron chi connectivity index (χ0n) is 14.4. The average Bonchev–Trinajstić information content (AvgIpc) is 2.54. The molecule has 6 nitrogen and oxygen atoms in total. The van der Waals surface area contributed by atoms with Gasteiger partial charge < -0.3 is 19.3 Å². The van der Waals surface area contributed by atoms with Crippen molar-refractivity contribution in [3.05, 3.63) is 23.8 Å². The lowest BCUT2D eigenvalue weighted by Gasteiger charge is -2.09. The van der Waals surface area contributed by atoms with Crippen LogP contribution >= 0.6 is 0 Å². The predicted molar refractivity (Wildman–Crippen MR) is 89.0 cm³/mol. The van der Waals surface area contributed by atoms with Crippen LogP contribution < -0.4 is 4.74 Å². The number of phenolic OH excluding ortho intramolecular Hbond substituents is 1. The third-order valence-corrected chi connectivity index (χ3v) is 3.31. The number of carbonyl (C=O) groups excluding carboxylic acids is 2. The summed E-state index contributed by atoms with van der Waals surface area (Å²) in [6, 6.07) is 5.03. The minimum Gasteiger partial charge on any atom is -0.508 e. The quantitative estimate of drug-likeness (QED) is 0.493. The Bertz CT molecular complexity index is 526. The van der Waals surface area contributed by atoms with Crippen LogP contribution in [-0.2, 0) is 25.5 Å². The Kier molecular flexibility index (Phi) is 9.34. The lowest BCUT2D eigenvalue weighted by Crippen LogP contribution is -2.05. The highest BCUT2D eigenvalue weighted by Gasteiger charge is 2.08. The van der Waals surface area contributed by atoms with Crippen LogP contribution in [0.1, 0.15) is 45.1 Å². The Morgan fingerprint density at radius 3 is 2.29 bits per heavy atom. The van der Waals surface area contributed by atoms with Crippen LogP contribution in [0, 0.1) is 0 Å². The van der Waals surface area contributed by atoms with Gasteiger partial charge in [-0.05, 0) is 44.7 Å². The zero-order chi connectivity index (χ0) is 17.8. The number of phenols is 1. The summed E-state index contributed by atoms with van der Waals surface area (Å²) in [5.41, 5.74) is 0.678. The number of hydrogen-bond donors (Lipinski definition) is 1. The number of esters is 2. The number of ether oxygens (including phenoxy) is 3.